The molecule has 0 amide bonds. The van der Waals surface area contributed by atoms with Gasteiger partial charge in [0.1, 0.15) is 17.8 Å². The molecule has 0 saturated heterocycles. The molecule has 0 unspecified atom stereocenters. The maximum atomic E-state index is 12.9. The minimum atomic E-state index is -0.449. The van der Waals surface area contributed by atoms with Crippen LogP contribution in [0.25, 0.3) is 10.8 Å². The number of hydrogen-bond donors (Lipinski definition) is 0. The molecular formula is C18H14FN3O3S2. The Hall–Kier alpha value is -2.65. The van der Waals surface area contributed by atoms with Crippen molar-refractivity contribution in [2.75, 3.05) is 0 Å². The van der Waals surface area contributed by atoms with E-state index in [2.05, 4.69) is 15.2 Å². The second-order valence-electron chi connectivity index (χ2n) is 5.53. The smallest absolute Gasteiger partial charge is 0.277 e. The van der Waals surface area contributed by atoms with Crippen LogP contribution in [0, 0.1) is 5.82 Å². The quantitative estimate of drug-likeness (QED) is 0.385. The number of halogens is 1. The molecular weight excluding hydrogens is 389 g/mol. The van der Waals surface area contributed by atoms with E-state index in [4.69, 9.17) is 13.6 Å². The summed E-state index contributed by atoms with van der Waals surface area (Å²) in [4.78, 5) is 5.43. The molecule has 3 aromatic heterocycles. The van der Waals surface area contributed by atoms with Gasteiger partial charge in [-0.2, -0.15) is 0 Å². The fraction of sp³-hybridized carbons (Fsp3) is 0.167. The first-order valence-corrected chi connectivity index (χ1v) is 9.90. The van der Waals surface area contributed by atoms with Gasteiger partial charge in [-0.1, -0.05) is 17.8 Å². The van der Waals surface area contributed by atoms with Crippen LogP contribution in [0.1, 0.15) is 24.6 Å². The van der Waals surface area contributed by atoms with Gasteiger partial charge in [0.15, 0.2) is 6.10 Å². The second kappa shape index (κ2) is 7.93. The van der Waals surface area contributed by atoms with Gasteiger partial charge in [0.25, 0.3) is 11.1 Å². The molecule has 1 atom stereocenters. The lowest BCUT2D eigenvalue weighted by Gasteiger charge is -2.10. The second-order valence-corrected chi connectivity index (χ2v) is 7.40. The summed E-state index contributed by atoms with van der Waals surface area (Å²) in [5, 5.41) is 10.4. The van der Waals surface area contributed by atoms with E-state index in [9.17, 15) is 4.39 Å². The molecule has 27 heavy (non-hydrogen) atoms. The Morgan fingerprint density at radius 2 is 2.07 bits per heavy atom. The van der Waals surface area contributed by atoms with Gasteiger partial charge < -0.3 is 13.6 Å². The zero-order valence-electron chi connectivity index (χ0n) is 14.2. The van der Waals surface area contributed by atoms with Gasteiger partial charge in [0.2, 0.25) is 5.89 Å². The summed E-state index contributed by atoms with van der Waals surface area (Å²) in [5.41, 5.74) is 0.791. The Morgan fingerprint density at radius 3 is 2.85 bits per heavy atom. The number of aromatic nitrogens is 3. The van der Waals surface area contributed by atoms with E-state index in [0.717, 1.165) is 10.6 Å². The summed E-state index contributed by atoms with van der Waals surface area (Å²) in [5.74, 6) is 1.71. The molecule has 138 valence electrons. The number of benzene rings is 1. The first-order chi connectivity index (χ1) is 13.2. The Morgan fingerprint density at radius 1 is 1.22 bits per heavy atom. The third-order valence-corrected chi connectivity index (χ3v) is 5.23. The van der Waals surface area contributed by atoms with Crippen molar-refractivity contribution in [1.29, 1.82) is 0 Å². The number of thioether (sulfide) groups is 1. The average molecular weight is 403 g/mol. The minimum absolute atomic E-state index is 0.318. The molecule has 0 saturated carbocycles. The molecule has 0 radical (unpaired) electrons. The van der Waals surface area contributed by atoms with Gasteiger partial charge in [0.05, 0.1) is 10.6 Å². The summed E-state index contributed by atoms with van der Waals surface area (Å²) in [7, 11) is 0. The Labute approximate surface area is 162 Å². The van der Waals surface area contributed by atoms with Crippen LogP contribution in [0.5, 0.6) is 5.75 Å². The third kappa shape index (κ3) is 4.37. The predicted molar refractivity (Wildman–Crippen MR) is 99.1 cm³/mol. The summed E-state index contributed by atoms with van der Waals surface area (Å²) in [6, 6.07) is 9.67. The molecule has 0 aliphatic rings. The topological polar surface area (TPSA) is 74.2 Å². The van der Waals surface area contributed by atoms with E-state index < -0.39 is 6.10 Å². The summed E-state index contributed by atoms with van der Waals surface area (Å²) in [6.07, 6.45) is 1.18. The first kappa shape index (κ1) is 17.7. The highest BCUT2D eigenvalue weighted by Crippen LogP contribution is 2.28. The maximum Gasteiger partial charge on any atom is 0.277 e. The normalized spacial score (nSPS) is 12.2. The molecule has 4 rings (SSSR count). The highest BCUT2D eigenvalue weighted by Gasteiger charge is 2.17. The number of nitrogens with zero attached hydrogens (tertiary/aromatic N) is 3. The van der Waals surface area contributed by atoms with Crippen LogP contribution in [0.15, 0.2) is 62.1 Å². The lowest BCUT2D eigenvalue weighted by molar-refractivity contribution is 0.181. The Bertz CT molecular complexity index is 999. The van der Waals surface area contributed by atoms with Crippen LogP contribution in [0.4, 0.5) is 4.39 Å². The highest BCUT2D eigenvalue weighted by atomic mass is 32.2. The van der Waals surface area contributed by atoms with Crippen molar-refractivity contribution in [1.82, 2.24) is 15.2 Å². The van der Waals surface area contributed by atoms with E-state index in [1.54, 1.807) is 36.7 Å². The van der Waals surface area contributed by atoms with E-state index in [-0.39, 0.29) is 5.82 Å². The molecule has 0 bridgehead atoms. The molecule has 3 heterocycles. The standard InChI is InChI=1S/C18H14FN3O3S2/c1-11(24-14-6-4-12(19)5-7-14)16-21-22-18(25-16)27-10-13-9-23-17(20-13)15-3-2-8-26-15/h2-9,11H,10H2,1H3/t11-/m0/s1. The Balaban J connectivity index is 1.34. The fourth-order valence-corrected chi connectivity index (χ4v) is 3.54. The molecule has 9 heteroatoms. The molecule has 0 aliphatic heterocycles. The zero-order valence-corrected chi connectivity index (χ0v) is 15.8. The number of oxazole rings is 1. The molecule has 6 nitrogen and oxygen atoms in total. The maximum absolute atomic E-state index is 12.9. The number of hydrogen-bond acceptors (Lipinski definition) is 8. The molecule has 0 aliphatic carbocycles. The van der Waals surface area contributed by atoms with Gasteiger partial charge in [-0.25, -0.2) is 9.37 Å². The molecule has 0 spiro atoms. The van der Waals surface area contributed by atoms with Crippen molar-refractivity contribution in [2.24, 2.45) is 0 Å². The number of thiophene rings is 1. The largest absolute Gasteiger partial charge is 0.481 e. The van der Waals surface area contributed by atoms with E-state index >= 15 is 0 Å². The number of rotatable bonds is 7. The predicted octanol–water partition coefficient (Wildman–Crippen LogP) is 5.36. The monoisotopic (exact) mass is 403 g/mol. The molecule has 1 aromatic carbocycles. The van der Waals surface area contributed by atoms with E-state index in [1.807, 2.05) is 17.5 Å². The number of ether oxygens (including phenoxy) is 1. The first-order valence-electron chi connectivity index (χ1n) is 8.04. The molecule has 0 fully saturated rings. The van der Waals surface area contributed by atoms with Crippen molar-refractivity contribution in [3.8, 4) is 16.5 Å². The lowest BCUT2D eigenvalue weighted by atomic mass is 10.3. The summed E-state index contributed by atoms with van der Waals surface area (Å²) in [6.45, 7) is 1.79. The van der Waals surface area contributed by atoms with Crippen LogP contribution < -0.4 is 4.74 Å². The SMILES string of the molecule is C[C@H](Oc1ccc(F)cc1)c1nnc(SCc2coc(-c3cccs3)n2)o1. The van der Waals surface area contributed by atoms with Crippen molar-refractivity contribution < 1.29 is 18.0 Å². The molecule has 4 aromatic rings. The van der Waals surface area contributed by atoms with Gasteiger partial charge in [-0.05, 0) is 42.6 Å². The average Bonchev–Trinajstić information content (AvgIpc) is 3.42. The van der Waals surface area contributed by atoms with Crippen LogP contribution in [-0.2, 0) is 5.75 Å². The van der Waals surface area contributed by atoms with Crippen molar-refractivity contribution in [3.63, 3.8) is 0 Å². The molecule has 0 N–H and O–H groups in total. The summed E-state index contributed by atoms with van der Waals surface area (Å²) < 4.78 is 29.7. The van der Waals surface area contributed by atoms with Crippen LogP contribution in [0.2, 0.25) is 0 Å². The van der Waals surface area contributed by atoms with Crippen LogP contribution in [-0.4, -0.2) is 15.2 Å². The van der Waals surface area contributed by atoms with Gasteiger partial charge >= 0.3 is 0 Å². The van der Waals surface area contributed by atoms with Gasteiger partial charge in [0, 0.05) is 5.75 Å². The van der Waals surface area contributed by atoms with E-state index in [0.29, 0.717) is 28.5 Å². The fourth-order valence-electron chi connectivity index (χ4n) is 2.23. The third-order valence-electron chi connectivity index (χ3n) is 3.52. The van der Waals surface area contributed by atoms with E-state index in [1.165, 1.54) is 23.9 Å². The highest BCUT2D eigenvalue weighted by molar-refractivity contribution is 7.98. The van der Waals surface area contributed by atoms with Crippen molar-refractivity contribution >= 4 is 23.1 Å². The van der Waals surface area contributed by atoms with Crippen molar-refractivity contribution in [3.05, 3.63) is 65.4 Å². The Kier molecular flexibility index (Phi) is 5.21. The van der Waals surface area contributed by atoms with Gasteiger partial charge in [-0.3, -0.25) is 0 Å². The van der Waals surface area contributed by atoms with Crippen LogP contribution in [0.3, 0.4) is 0 Å². The van der Waals surface area contributed by atoms with Crippen LogP contribution >= 0.6 is 23.1 Å². The van der Waals surface area contributed by atoms with Crippen molar-refractivity contribution in [2.45, 2.75) is 24.0 Å². The van der Waals surface area contributed by atoms with Gasteiger partial charge in [-0.15, -0.1) is 21.5 Å². The zero-order chi connectivity index (χ0) is 18.6. The lowest BCUT2D eigenvalue weighted by Crippen LogP contribution is -2.03. The minimum Gasteiger partial charge on any atom is -0.481 e. The summed E-state index contributed by atoms with van der Waals surface area (Å²) >= 11 is 2.94.